The maximum absolute atomic E-state index is 12.8. The minimum atomic E-state index is -0.447. The largest absolute Gasteiger partial charge is 0.497 e. The summed E-state index contributed by atoms with van der Waals surface area (Å²) < 4.78 is 44.8. The molecule has 11 heteroatoms. The molecule has 1 unspecified atom stereocenters. The first-order valence-corrected chi connectivity index (χ1v) is 14.8. The number of anilines is 1. The molecule has 5 rings (SSSR count). The van der Waals surface area contributed by atoms with Gasteiger partial charge in [-0.25, -0.2) is 0 Å². The van der Waals surface area contributed by atoms with Crippen molar-refractivity contribution in [2.75, 3.05) is 61.2 Å². The van der Waals surface area contributed by atoms with Gasteiger partial charge in [-0.15, -0.1) is 0 Å². The van der Waals surface area contributed by atoms with Crippen LogP contribution in [0.1, 0.15) is 33.2 Å². The molecule has 1 amide bonds. The molecular formula is C36H38N2O9. The van der Waals surface area contributed by atoms with E-state index < -0.39 is 6.17 Å². The molecule has 0 saturated heterocycles. The summed E-state index contributed by atoms with van der Waals surface area (Å²) >= 11 is 0. The zero-order chi connectivity index (χ0) is 33.3. The lowest BCUT2D eigenvalue weighted by Gasteiger charge is -2.28. The van der Waals surface area contributed by atoms with E-state index in [0.717, 1.165) is 16.7 Å². The molecule has 0 saturated carbocycles. The third-order valence-corrected chi connectivity index (χ3v) is 7.51. The highest BCUT2D eigenvalue weighted by molar-refractivity contribution is 6.02. The van der Waals surface area contributed by atoms with Crippen molar-refractivity contribution >= 4 is 23.7 Å². The Morgan fingerprint density at radius 1 is 0.574 bits per heavy atom. The van der Waals surface area contributed by atoms with E-state index in [2.05, 4.69) is 10.6 Å². The fourth-order valence-electron chi connectivity index (χ4n) is 5.12. The number of methoxy groups -OCH3 is 6. The molecule has 246 valence electrons. The highest BCUT2D eigenvalue weighted by Gasteiger charge is 2.26. The third-order valence-electron chi connectivity index (χ3n) is 7.51. The van der Waals surface area contributed by atoms with Crippen molar-refractivity contribution in [1.82, 2.24) is 5.32 Å². The maximum Gasteiger partial charge on any atom is 0.255 e. The fraction of sp³-hybridized carbons (Fsp3) is 0.250. The lowest BCUT2D eigenvalue weighted by molar-refractivity contribution is 0.0935. The molecule has 1 aliphatic rings. The number of hydrogen-bond acceptors (Lipinski definition) is 10. The van der Waals surface area contributed by atoms with E-state index >= 15 is 0 Å². The number of amides is 1. The second kappa shape index (κ2) is 15.0. The summed E-state index contributed by atoms with van der Waals surface area (Å²) in [5, 5.41) is 6.32. The minimum absolute atomic E-state index is 0.199. The van der Waals surface area contributed by atoms with Crippen LogP contribution in [0.5, 0.6) is 46.0 Å². The van der Waals surface area contributed by atoms with E-state index in [-0.39, 0.29) is 19.1 Å². The van der Waals surface area contributed by atoms with Crippen LogP contribution in [-0.4, -0.2) is 61.8 Å². The monoisotopic (exact) mass is 642 g/mol. The summed E-state index contributed by atoms with van der Waals surface area (Å²) in [6.07, 6.45) is 3.45. The lowest BCUT2D eigenvalue weighted by Crippen LogP contribution is -2.38. The van der Waals surface area contributed by atoms with Crippen molar-refractivity contribution in [1.29, 1.82) is 0 Å². The SMILES string of the molecule is COc1ccc2c(c1)C(=O)NC(c1ccc(OCCOc3cc(C=Cc4cc(OC)c(OC)c(OC)c4)ccc3OC)c(OC)c1)N2. The lowest BCUT2D eigenvalue weighted by atomic mass is 10.0. The Morgan fingerprint density at radius 3 is 1.87 bits per heavy atom. The first-order chi connectivity index (χ1) is 22.9. The molecule has 0 spiro atoms. The van der Waals surface area contributed by atoms with Gasteiger partial charge in [0, 0.05) is 5.69 Å². The Balaban J connectivity index is 1.22. The van der Waals surface area contributed by atoms with Crippen LogP contribution in [0, 0.1) is 0 Å². The average Bonchev–Trinajstić information content (AvgIpc) is 3.11. The Bertz CT molecular complexity index is 1730. The van der Waals surface area contributed by atoms with Crippen LogP contribution in [0.2, 0.25) is 0 Å². The van der Waals surface area contributed by atoms with E-state index in [0.29, 0.717) is 57.2 Å². The van der Waals surface area contributed by atoms with Crippen molar-refractivity contribution in [3.8, 4) is 46.0 Å². The van der Waals surface area contributed by atoms with Crippen LogP contribution >= 0.6 is 0 Å². The number of hydrogen-bond donors (Lipinski definition) is 2. The summed E-state index contributed by atoms with van der Waals surface area (Å²) in [6, 6.07) is 20.3. The minimum Gasteiger partial charge on any atom is -0.497 e. The van der Waals surface area contributed by atoms with Gasteiger partial charge in [-0.2, -0.15) is 0 Å². The van der Waals surface area contributed by atoms with Gasteiger partial charge in [0.25, 0.3) is 5.91 Å². The smallest absolute Gasteiger partial charge is 0.255 e. The normalized spacial score (nSPS) is 13.6. The van der Waals surface area contributed by atoms with E-state index in [4.69, 9.17) is 37.9 Å². The predicted molar refractivity (Wildman–Crippen MR) is 179 cm³/mol. The first-order valence-electron chi connectivity index (χ1n) is 14.8. The van der Waals surface area contributed by atoms with E-state index in [1.54, 1.807) is 54.8 Å². The number of fused-ring (bicyclic) bond motifs is 1. The molecule has 4 aromatic rings. The zero-order valence-electron chi connectivity index (χ0n) is 27.2. The van der Waals surface area contributed by atoms with Crippen molar-refractivity contribution < 1.29 is 42.7 Å². The summed E-state index contributed by atoms with van der Waals surface area (Å²) in [4.78, 5) is 12.8. The molecule has 1 heterocycles. The summed E-state index contributed by atoms with van der Waals surface area (Å²) in [6.45, 7) is 0.500. The zero-order valence-corrected chi connectivity index (χ0v) is 27.2. The molecule has 1 atom stereocenters. The van der Waals surface area contributed by atoms with Gasteiger partial charge < -0.3 is 48.5 Å². The molecule has 11 nitrogen and oxygen atoms in total. The van der Waals surface area contributed by atoms with Crippen LogP contribution in [0.15, 0.2) is 66.7 Å². The number of benzene rings is 4. The Labute approximate surface area is 273 Å². The average molecular weight is 643 g/mol. The molecule has 4 aromatic carbocycles. The van der Waals surface area contributed by atoms with Gasteiger partial charge in [0.05, 0.1) is 48.2 Å². The molecule has 2 N–H and O–H groups in total. The molecule has 0 aliphatic carbocycles. The topological polar surface area (TPSA) is 115 Å². The Kier molecular flexibility index (Phi) is 10.5. The standard InChI is InChI=1S/C36H38N2O9/c1-40-25-11-12-27-26(21-25)36(39)38-35(37-27)24-10-14-29(30(20-24)42-3)46-15-16-47-31-17-22(9-13-28(31)41-2)7-8-23-18-32(43-4)34(45-6)33(19-23)44-5/h7-14,17-21,35,37H,15-16H2,1-6H3,(H,38,39). The number of rotatable bonds is 14. The molecule has 0 fully saturated rings. The Hall–Kier alpha value is -5.71. The molecular weight excluding hydrogens is 604 g/mol. The summed E-state index contributed by atoms with van der Waals surface area (Å²) in [5.41, 5.74) is 3.81. The highest BCUT2D eigenvalue weighted by Crippen LogP contribution is 2.39. The van der Waals surface area contributed by atoms with Gasteiger partial charge in [-0.3, -0.25) is 4.79 Å². The first kappa shape index (κ1) is 32.7. The quantitative estimate of drug-likeness (QED) is 0.121. The van der Waals surface area contributed by atoms with Gasteiger partial charge in [-0.1, -0.05) is 24.3 Å². The highest BCUT2D eigenvalue weighted by atomic mass is 16.6. The second-order valence-corrected chi connectivity index (χ2v) is 10.3. The number of ether oxygens (including phenoxy) is 8. The summed E-state index contributed by atoms with van der Waals surface area (Å²) in [5.74, 6) is 4.32. The predicted octanol–water partition coefficient (Wildman–Crippen LogP) is 6.22. The molecule has 0 radical (unpaired) electrons. The Morgan fingerprint density at radius 2 is 1.21 bits per heavy atom. The van der Waals surface area contributed by atoms with Gasteiger partial charge in [0.1, 0.15) is 25.1 Å². The van der Waals surface area contributed by atoms with E-state index in [1.165, 1.54) is 0 Å². The van der Waals surface area contributed by atoms with E-state index in [9.17, 15) is 4.79 Å². The van der Waals surface area contributed by atoms with Crippen LogP contribution in [0.25, 0.3) is 12.2 Å². The van der Waals surface area contributed by atoms with Crippen LogP contribution in [0.4, 0.5) is 5.69 Å². The van der Waals surface area contributed by atoms with Crippen LogP contribution < -0.4 is 48.5 Å². The van der Waals surface area contributed by atoms with Gasteiger partial charge in [0.15, 0.2) is 34.5 Å². The van der Waals surface area contributed by atoms with Gasteiger partial charge in [-0.05, 0) is 71.3 Å². The van der Waals surface area contributed by atoms with E-state index in [1.807, 2.05) is 66.7 Å². The fourth-order valence-corrected chi connectivity index (χ4v) is 5.12. The van der Waals surface area contributed by atoms with Crippen LogP contribution in [-0.2, 0) is 0 Å². The number of carbonyl (C=O) groups excluding carboxylic acids is 1. The maximum atomic E-state index is 12.8. The second-order valence-electron chi connectivity index (χ2n) is 10.3. The van der Waals surface area contributed by atoms with Crippen LogP contribution in [0.3, 0.4) is 0 Å². The van der Waals surface area contributed by atoms with Gasteiger partial charge >= 0.3 is 0 Å². The molecule has 1 aliphatic heterocycles. The number of nitrogens with one attached hydrogen (secondary N) is 2. The molecule has 0 aromatic heterocycles. The van der Waals surface area contributed by atoms with Crippen molar-refractivity contribution in [2.45, 2.75) is 6.17 Å². The van der Waals surface area contributed by atoms with Gasteiger partial charge in [0.2, 0.25) is 5.75 Å². The third kappa shape index (κ3) is 7.41. The summed E-state index contributed by atoms with van der Waals surface area (Å²) in [7, 11) is 9.46. The van der Waals surface area contributed by atoms with Crippen molar-refractivity contribution in [3.63, 3.8) is 0 Å². The number of carbonyl (C=O) groups is 1. The molecule has 0 bridgehead atoms. The van der Waals surface area contributed by atoms with Crippen molar-refractivity contribution in [3.05, 3.63) is 89.0 Å². The molecule has 47 heavy (non-hydrogen) atoms. The van der Waals surface area contributed by atoms with Crippen molar-refractivity contribution in [2.24, 2.45) is 0 Å².